The van der Waals surface area contributed by atoms with Gasteiger partial charge >= 0.3 is 5.97 Å². The molecule has 0 amide bonds. The molecule has 0 aliphatic rings. The molecule has 0 aliphatic carbocycles. The molecule has 0 atom stereocenters. The first-order chi connectivity index (χ1) is 13.6. The lowest BCUT2D eigenvalue weighted by Crippen LogP contribution is -2.07. The molecule has 0 spiro atoms. The minimum absolute atomic E-state index is 0.317. The van der Waals surface area contributed by atoms with Gasteiger partial charge in [-0.25, -0.2) is 9.78 Å². The standard InChI is InChI=1S/C23H19NO3S/c1-15-7-10-19(11-8-15)26-14-21-24-16(2)22(28-21)23(25)27-20-12-9-17-5-3-4-6-18(17)13-20/h3-13H,14H2,1-2H3. The Morgan fingerprint density at radius 2 is 1.64 bits per heavy atom. The number of benzene rings is 3. The molecule has 0 fully saturated rings. The largest absolute Gasteiger partial charge is 0.486 e. The van der Waals surface area contributed by atoms with Gasteiger partial charge in [0, 0.05) is 0 Å². The summed E-state index contributed by atoms with van der Waals surface area (Å²) in [4.78, 5) is 17.5. The van der Waals surface area contributed by atoms with Crippen LogP contribution in [0.2, 0.25) is 0 Å². The number of aromatic nitrogens is 1. The minimum Gasteiger partial charge on any atom is -0.486 e. The summed E-state index contributed by atoms with van der Waals surface area (Å²) in [6.07, 6.45) is 0. The zero-order valence-electron chi connectivity index (χ0n) is 15.6. The number of aryl methyl sites for hydroxylation is 2. The van der Waals surface area contributed by atoms with E-state index >= 15 is 0 Å². The molecular weight excluding hydrogens is 370 g/mol. The van der Waals surface area contributed by atoms with Crippen molar-refractivity contribution in [1.82, 2.24) is 4.98 Å². The molecule has 0 saturated heterocycles. The lowest BCUT2D eigenvalue weighted by atomic mass is 10.1. The normalized spacial score (nSPS) is 10.8. The monoisotopic (exact) mass is 389 g/mol. The highest BCUT2D eigenvalue weighted by molar-refractivity contribution is 7.13. The summed E-state index contributed by atoms with van der Waals surface area (Å²) in [6.45, 7) is 4.15. The Morgan fingerprint density at radius 1 is 0.929 bits per heavy atom. The topological polar surface area (TPSA) is 48.4 Å². The summed E-state index contributed by atoms with van der Waals surface area (Å²) in [6, 6.07) is 21.4. The second-order valence-corrected chi connectivity index (χ2v) is 7.61. The molecule has 4 rings (SSSR count). The molecule has 5 heteroatoms. The van der Waals surface area contributed by atoms with Crippen LogP contribution in [0.5, 0.6) is 11.5 Å². The third-order valence-electron chi connectivity index (χ3n) is 4.34. The van der Waals surface area contributed by atoms with Crippen molar-refractivity contribution in [3.63, 3.8) is 0 Å². The number of thiazole rings is 1. The summed E-state index contributed by atoms with van der Waals surface area (Å²) in [5, 5.41) is 2.87. The maximum atomic E-state index is 12.6. The Balaban J connectivity index is 1.45. The van der Waals surface area contributed by atoms with Gasteiger partial charge in [0.25, 0.3) is 0 Å². The van der Waals surface area contributed by atoms with Crippen LogP contribution in [0.25, 0.3) is 10.8 Å². The molecule has 0 saturated carbocycles. The number of esters is 1. The molecule has 0 aliphatic heterocycles. The molecule has 140 valence electrons. The fraction of sp³-hybridized carbons (Fsp3) is 0.130. The van der Waals surface area contributed by atoms with E-state index in [0.717, 1.165) is 21.5 Å². The molecule has 0 radical (unpaired) electrons. The van der Waals surface area contributed by atoms with E-state index in [0.29, 0.717) is 22.9 Å². The van der Waals surface area contributed by atoms with Gasteiger partial charge < -0.3 is 9.47 Å². The molecule has 0 N–H and O–H groups in total. The van der Waals surface area contributed by atoms with Crippen LogP contribution in [-0.4, -0.2) is 11.0 Å². The Bertz CT molecular complexity index is 1130. The second kappa shape index (κ2) is 7.82. The van der Waals surface area contributed by atoms with E-state index in [1.165, 1.54) is 16.9 Å². The molecule has 0 unspecified atom stereocenters. The van der Waals surface area contributed by atoms with Crippen molar-refractivity contribution in [2.75, 3.05) is 0 Å². The zero-order valence-corrected chi connectivity index (χ0v) is 16.5. The van der Waals surface area contributed by atoms with Crippen molar-refractivity contribution < 1.29 is 14.3 Å². The number of carbonyl (C=O) groups excluding carboxylic acids is 1. The molecule has 1 aromatic heterocycles. The summed E-state index contributed by atoms with van der Waals surface area (Å²) in [5.74, 6) is 0.902. The van der Waals surface area contributed by atoms with Gasteiger partial charge in [-0.1, -0.05) is 48.0 Å². The van der Waals surface area contributed by atoms with Gasteiger partial charge in [0.15, 0.2) is 0 Å². The van der Waals surface area contributed by atoms with Crippen molar-refractivity contribution in [3.8, 4) is 11.5 Å². The van der Waals surface area contributed by atoms with Crippen LogP contribution in [0.1, 0.15) is 25.9 Å². The molecule has 28 heavy (non-hydrogen) atoms. The predicted octanol–water partition coefficient (Wildman–Crippen LogP) is 5.71. The van der Waals surface area contributed by atoms with Gasteiger partial charge in [-0.15, -0.1) is 11.3 Å². The van der Waals surface area contributed by atoms with Gasteiger partial charge in [0.2, 0.25) is 0 Å². The van der Waals surface area contributed by atoms with Crippen molar-refractivity contribution in [3.05, 3.63) is 87.9 Å². The number of carbonyl (C=O) groups is 1. The number of rotatable bonds is 5. The predicted molar refractivity (Wildman–Crippen MR) is 111 cm³/mol. The van der Waals surface area contributed by atoms with E-state index in [2.05, 4.69) is 4.98 Å². The van der Waals surface area contributed by atoms with Crippen LogP contribution >= 0.6 is 11.3 Å². The van der Waals surface area contributed by atoms with Crippen LogP contribution < -0.4 is 9.47 Å². The molecule has 0 bridgehead atoms. The first kappa shape index (κ1) is 18.2. The molecule has 4 nitrogen and oxygen atoms in total. The number of hydrogen-bond donors (Lipinski definition) is 0. The first-order valence-electron chi connectivity index (χ1n) is 8.95. The van der Waals surface area contributed by atoms with E-state index in [4.69, 9.17) is 9.47 Å². The molecule has 1 heterocycles. The molecule has 3 aromatic carbocycles. The molecule has 4 aromatic rings. The SMILES string of the molecule is Cc1ccc(OCc2nc(C)c(C(=O)Oc3ccc4ccccc4c3)s2)cc1. The fourth-order valence-corrected chi connectivity index (χ4v) is 3.72. The fourth-order valence-electron chi connectivity index (χ4n) is 2.87. The van der Waals surface area contributed by atoms with Gasteiger partial charge in [0.1, 0.15) is 28.0 Å². The van der Waals surface area contributed by atoms with Crippen molar-refractivity contribution in [2.45, 2.75) is 20.5 Å². The highest BCUT2D eigenvalue weighted by atomic mass is 32.1. The summed E-state index contributed by atoms with van der Waals surface area (Å²) >= 11 is 1.30. The minimum atomic E-state index is -0.396. The van der Waals surface area contributed by atoms with Crippen molar-refractivity contribution in [2.24, 2.45) is 0 Å². The van der Waals surface area contributed by atoms with Gasteiger partial charge in [0.05, 0.1) is 5.69 Å². The Labute approximate surface area is 167 Å². The third kappa shape index (κ3) is 4.05. The van der Waals surface area contributed by atoms with Crippen LogP contribution in [0.15, 0.2) is 66.7 Å². The highest BCUT2D eigenvalue weighted by Crippen LogP contribution is 2.25. The smallest absolute Gasteiger partial charge is 0.355 e. The lowest BCUT2D eigenvalue weighted by molar-refractivity contribution is 0.0739. The third-order valence-corrected chi connectivity index (χ3v) is 5.45. The van der Waals surface area contributed by atoms with Crippen LogP contribution in [0.4, 0.5) is 0 Å². The van der Waals surface area contributed by atoms with Gasteiger partial charge in [-0.3, -0.25) is 0 Å². The summed E-state index contributed by atoms with van der Waals surface area (Å²) < 4.78 is 11.3. The van der Waals surface area contributed by atoms with E-state index in [-0.39, 0.29) is 0 Å². The quantitative estimate of drug-likeness (QED) is 0.324. The van der Waals surface area contributed by atoms with E-state index in [1.807, 2.05) is 74.5 Å². The maximum absolute atomic E-state index is 12.6. The average molecular weight is 389 g/mol. The van der Waals surface area contributed by atoms with Crippen LogP contribution in [0.3, 0.4) is 0 Å². The lowest BCUT2D eigenvalue weighted by Gasteiger charge is -2.05. The van der Waals surface area contributed by atoms with Crippen molar-refractivity contribution in [1.29, 1.82) is 0 Å². The van der Waals surface area contributed by atoms with E-state index in [1.54, 1.807) is 6.07 Å². The molecular formula is C23H19NO3S. The Hall–Kier alpha value is -3.18. The Kier molecular flexibility index (Phi) is 5.08. The van der Waals surface area contributed by atoms with E-state index < -0.39 is 5.97 Å². The summed E-state index contributed by atoms with van der Waals surface area (Å²) in [5.41, 5.74) is 1.83. The van der Waals surface area contributed by atoms with E-state index in [9.17, 15) is 4.79 Å². The second-order valence-electron chi connectivity index (χ2n) is 6.52. The van der Waals surface area contributed by atoms with Crippen LogP contribution in [0, 0.1) is 13.8 Å². The first-order valence-corrected chi connectivity index (χ1v) is 9.77. The number of ether oxygens (including phenoxy) is 2. The Morgan fingerprint density at radius 3 is 2.43 bits per heavy atom. The van der Waals surface area contributed by atoms with Crippen molar-refractivity contribution >= 4 is 28.1 Å². The maximum Gasteiger partial charge on any atom is 0.355 e. The number of nitrogens with zero attached hydrogens (tertiary/aromatic N) is 1. The average Bonchev–Trinajstić information content (AvgIpc) is 3.08. The highest BCUT2D eigenvalue weighted by Gasteiger charge is 2.18. The van der Waals surface area contributed by atoms with Gasteiger partial charge in [-0.2, -0.15) is 0 Å². The number of hydrogen-bond acceptors (Lipinski definition) is 5. The number of fused-ring (bicyclic) bond motifs is 1. The van der Waals surface area contributed by atoms with Crippen LogP contribution in [-0.2, 0) is 6.61 Å². The summed E-state index contributed by atoms with van der Waals surface area (Å²) in [7, 11) is 0. The zero-order chi connectivity index (χ0) is 19.5. The van der Waals surface area contributed by atoms with Gasteiger partial charge in [-0.05, 0) is 48.9 Å².